The fraction of sp³-hybridized carbons (Fsp3) is 0.846. The highest BCUT2D eigenvalue weighted by atomic mass is 16.4. The molecule has 4 nitrogen and oxygen atoms in total. The molecule has 1 amide bonds. The highest BCUT2D eigenvalue weighted by Gasteiger charge is 2.44. The molecule has 0 saturated carbocycles. The van der Waals surface area contributed by atoms with E-state index >= 15 is 0 Å². The Kier molecular flexibility index (Phi) is 3.84. The quantitative estimate of drug-likeness (QED) is 0.807. The highest BCUT2D eigenvalue weighted by Crippen LogP contribution is 2.31. The number of hydrogen-bond acceptors (Lipinski definition) is 2. The first kappa shape index (κ1) is 14.0. The summed E-state index contributed by atoms with van der Waals surface area (Å²) in [4.78, 5) is 25.1. The molecule has 0 aromatic rings. The predicted octanol–water partition coefficient (Wildman–Crippen LogP) is 2.28. The molecule has 4 heteroatoms. The number of carboxylic acids is 1. The number of hydrogen-bond donors (Lipinski definition) is 1. The molecule has 0 radical (unpaired) electrons. The van der Waals surface area contributed by atoms with Gasteiger partial charge in [0, 0.05) is 13.0 Å². The van der Waals surface area contributed by atoms with Crippen LogP contribution in [-0.4, -0.2) is 34.0 Å². The van der Waals surface area contributed by atoms with Crippen molar-refractivity contribution in [2.75, 3.05) is 6.54 Å². The summed E-state index contributed by atoms with van der Waals surface area (Å²) in [6.45, 7) is 8.21. The van der Waals surface area contributed by atoms with Crippen molar-refractivity contribution in [3.05, 3.63) is 0 Å². The van der Waals surface area contributed by atoms with E-state index in [1.165, 1.54) is 0 Å². The third kappa shape index (κ3) is 3.20. The lowest BCUT2D eigenvalue weighted by Gasteiger charge is -2.42. The lowest BCUT2D eigenvalue weighted by atomic mass is 9.85. The van der Waals surface area contributed by atoms with Crippen molar-refractivity contribution in [1.82, 2.24) is 4.90 Å². The molecular weight excluding hydrogens is 218 g/mol. The van der Waals surface area contributed by atoms with E-state index in [-0.39, 0.29) is 11.3 Å². The molecule has 1 aliphatic rings. The summed E-state index contributed by atoms with van der Waals surface area (Å²) in [6, 6.07) is 0. The van der Waals surface area contributed by atoms with E-state index in [4.69, 9.17) is 0 Å². The standard InChI is InChI=1S/C13H23NO3/c1-12(2,3)9-10(15)14-8-6-5-7-13(14,4)11(16)17/h5-9H2,1-4H3,(H,16,17). The number of piperidine rings is 1. The van der Waals surface area contributed by atoms with Crippen LogP contribution in [0.3, 0.4) is 0 Å². The summed E-state index contributed by atoms with van der Waals surface area (Å²) < 4.78 is 0. The summed E-state index contributed by atoms with van der Waals surface area (Å²) in [7, 11) is 0. The average Bonchev–Trinajstić information content (AvgIpc) is 2.15. The fourth-order valence-corrected chi connectivity index (χ4v) is 2.29. The van der Waals surface area contributed by atoms with Gasteiger partial charge in [-0.1, -0.05) is 20.8 Å². The van der Waals surface area contributed by atoms with Crippen LogP contribution in [0.4, 0.5) is 0 Å². The van der Waals surface area contributed by atoms with Gasteiger partial charge in [0.15, 0.2) is 0 Å². The molecule has 98 valence electrons. The Morgan fingerprint density at radius 1 is 1.29 bits per heavy atom. The summed E-state index contributed by atoms with van der Waals surface area (Å²) in [6.07, 6.45) is 2.73. The zero-order valence-electron chi connectivity index (χ0n) is 11.2. The molecule has 0 aromatic heterocycles. The van der Waals surface area contributed by atoms with E-state index in [0.29, 0.717) is 19.4 Å². The number of carbonyl (C=O) groups is 2. The Balaban J connectivity index is 2.86. The maximum absolute atomic E-state index is 12.2. The summed E-state index contributed by atoms with van der Waals surface area (Å²) >= 11 is 0. The minimum atomic E-state index is -1.01. The topological polar surface area (TPSA) is 57.6 Å². The van der Waals surface area contributed by atoms with Gasteiger partial charge >= 0.3 is 5.97 Å². The summed E-state index contributed by atoms with van der Waals surface area (Å²) in [5, 5.41) is 9.32. The van der Waals surface area contributed by atoms with Gasteiger partial charge in [-0.05, 0) is 31.6 Å². The van der Waals surface area contributed by atoms with Crippen molar-refractivity contribution >= 4 is 11.9 Å². The van der Waals surface area contributed by atoms with Crippen LogP contribution in [0.15, 0.2) is 0 Å². The first-order chi connectivity index (χ1) is 7.67. The van der Waals surface area contributed by atoms with Gasteiger partial charge in [0.05, 0.1) is 0 Å². The van der Waals surface area contributed by atoms with E-state index in [0.717, 1.165) is 12.8 Å². The maximum Gasteiger partial charge on any atom is 0.329 e. The minimum Gasteiger partial charge on any atom is -0.480 e. The molecule has 0 bridgehead atoms. The van der Waals surface area contributed by atoms with Gasteiger partial charge in [-0.3, -0.25) is 4.79 Å². The van der Waals surface area contributed by atoms with Crippen LogP contribution in [0.25, 0.3) is 0 Å². The van der Waals surface area contributed by atoms with Gasteiger partial charge in [-0.2, -0.15) is 0 Å². The number of amides is 1. The second-order valence-electron chi connectivity index (χ2n) is 6.32. The first-order valence-corrected chi connectivity index (χ1v) is 6.21. The predicted molar refractivity (Wildman–Crippen MR) is 65.7 cm³/mol. The summed E-state index contributed by atoms with van der Waals surface area (Å²) in [5.74, 6) is -0.929. The van der Waals surface area contributed by atoms with Gasteiger partial charge in [0.1, 0.15) is 5.54 Å². The van der Waals surface area contributed by atoms with Crippen molar-refractivity contribution < 1.29 is 14.7 Å². The highest BCUT2D eigenvalue weighted by molar-refractivity contribution is 5.87. The van der Waals surface area contributed by atoms with Gasteiger partial charge in [-0.25, -0.2) is 4.79 Å². The smallest absolute Gasteiger partial charge is 0.329 e. The molecule has 1 heterocycles. The number of rotatable bonds is 2. The first-order valence-electron chi connectivity index (χ1n) is 6.21. The van der Waals surface area contributed by atoms with Crippen LogP contribution >= 0.6 is 0 Å². The number of aliphatic carboxylic acids is 1. The minimum absolute atomic E-state index is 0.0397. The Bertz CT molecular complexity index is 319. The molecule has 1 fully saturated rings. The second kappa shape index (κ2) is 4.67. The Morgan fingerprint density at radius 3 is 2.35 bits per heavy atom. The van der Waals surface area contributed by atoms with Crippen LogP contribution in [0.5, 0.6) is 0 Å². The Hall–Kier alpha value is -1.06. The van der Waals surface area contributed by atoms with Gasteiger partial charge < -0.3 is 10.0 Å². The number of carbonyl (C=O) groups excluding carboxylic acids is 1. The van der Waals surface area contributed by atoms with E-state index in [1.807, 2.05) is 20.8 Å². The van der Waals surface area contributed by atoms with Crippen molar-refractivity contribution in [3.63, 3.8) is 0 Å². The number of nitrogens with zero attached hydrogens (tertiary/aromatic N) is 1. The van der Waals surface area contributed by atoms with Gasteiger partial charge in [-0.15, -0.1) is 0 Å². The molecular formula is C13H23NO3. The van der Waals surface area contributed by atoms with Crippen molar-refractivity contribution in [2.24, 2.45) is 5.41 Å². The molecule has 1 saturated heterocycles. The molecule has 1 aliphatic heterocycles. The van der Waals surface area contributed by atoms with E-state index in [1.54, 1.807) is 11.8 Å². The maximum atomic E-state index is 12.2. The zero-order chi connectivity index (χ0) is 13.3. The Morgan fingerprint density at radius 2 is 1.88 bits per heavy atom. The molecule has 1 atom stereocenters. The lowest BCUT2D eigenvalue weighted by Crippen LogP contribution is -2.57. The van der Waals surface area contributed by atoms with Crippen molar-refractivity contribution in [3.8, 4) is 0 Å². The van der Waals surface area contributed by atoms with Crippen LogP contribution in [0, 0.1) is 5.41 Å². The third-order valence-corrected chi connectivity index (χ3v) is 3.33. The number of carboxylic acid groups (broad SMARTS) is 1. The zero-order valence-corrected chi connectivity index (χ0v) is 11.2. The van der Waals surface area contributed by atoms with Crippen molar-refractivity contribution in [2.45, 2.75) is 58.9 Å². The number of likely N-dealkylation sites (tertiary alicyclic amines) is 1. The molecule has 1 unspecified atom stereocenters. The monoisotopic (exact) mass is 241 g/mol. The molecule has 0 aromatic carbocycles. The van der Waals surface area contributed by atoms with Crippen LogP contribution < -0.4 is 0 Å². The fourth-order valence-electron chi connectivity index (χ4n) is 2.29. The van der Waals surface area contributed by atoms with Gasteiger partial charge in [0.2, 0.25) is 5.91 Å². The second-order valence-corrected chi connectivity index (χ2v) is 6.32. The van der Waals surface area contributed by atoms with Crippen molar-refractivity contribution in [1.29, 1.82) is 0 Å². The van der Waals surface area contributed by atoms with Crippen LogP contribution in [-0.2, 0) is 9.59 Å². The molecule has 17 heavy (non-hydrogen) atoms. The van der Waals surface area contributed by atoms with E-state index in [9.17, 15) is 14.7 Å². The molecule has 0 aliphatic carbocycles. The normalized spacial score (nSPS) is 25.8. The third-order valence-electron chi connectivity index (χ3n) is 3.33. The average molecular weight is 241 g/mol. The Labute approximate surface area is 103 Å². The molecule has 1 N–H and O–H groups in total. The largest absolute Gasteiger partial charge is 0.480 e. The molecule has 1 rings (SSSR count). The van der Waals surface area contributed by atoms with Crippen LogP contribution in [0.2, 0.25) is 0 Å². The summed E-state index contributed by atoms with van der Waals surface area (Å²) in [5.41, 5.74) is -1.12. The lowest BCUT2D eigenvalue weighted by molar-refractivity contribution is -0.161. The SMILES string of the molecule is CC(C)(C)CC(=O)N1CCCCC1(C)C(=O)O. The van der Waals surface area contributed by atoms with Gasteiger partial charge in [0.25, 0.3) is 0 Å². The van der Waals surface area contributed by atoms with Crippen LogP contribution in [0.1, 0.15) is 53.4 Å². The molecule has 0 spiro atoms. The van der Waals surface area contributed by atoms with E-state index in [2.05, 4.69) is 0 Å². The van der Waals surface area contributed by atoms with E-state index < -0.39 is 11.5 Å².